The van der Waals surface area contributed by atoms with Crippen molar-refractivity contribution in [3.05, 3.63) is 35.4 Å². The summed E-state index contributed by atoms with van der Waals surface area (Å²) < 4.78 is 5.65. The third kappa shape index (κ3) is 3.16. The predicted octanol–water partition coefficient (Wildman–Crippen LogP) is 2.91. The molecule has 1 aromatic rings. The van der Waals surface area contributed by atoms with Crippen LogP contribution >= 0.6 is 0 Å². The maximum absolute atomic E-state index is 5.77. The molecule has 0 amide bonds. The van der Waals surface area contributed by atoms with Crippen LogP contribution in [0.3, 0.4) is 0 Å². The van der Waals surface area contributed by atoms with Crippen molar-refractivity contribution < 1.29 is 4.74 Å². The molecule has 3 unspecified atom stereocenters. The summed E-state index contributed by atoms with van der Waals surface area (Å²) in [4.78, 5) is 0. The molecule has 1 aromatic carbocycles. The van der Waals surface area contributed by atoms with Gasteiger partial charge in [0.2, 0.25) is 0 Å². The lowest BCUT2D eigenvalue weighted by molar-refractivity contribution is 0.0954. The van der Waals surface area contributed by atoms with Gasteiger partial charge in [-0.25, -0.2) is 0 Å². The van der Waals surface area contributed by atoms with Crippen molar-refractivity contribution in [1.82, 2.24) is 5.43 Å². The summed E-state index contributed by atoms with van der Waals surface area (Å²) in [5, 5.41) is 0. The second kappa shape index (κ2) is 5.61. The zero-order valence-electron chi connectivity index (χ0n) is 12.4. The fraction of sp³-hybridized carbons (Fsp3) is 0.625. The van der Waals surface area contributed by atoms with E-state index in [4.69, 9.17) is 10.6 Å². The molecule has 1 heterocycles. The zero-order chi connectivity index (χ0) is 14.0. The van der Waals surface area contributed by atoms with Gasteiger partial charge in [0, 0.05) is 12.5 Å². The Kier molecular flexibility index (Phi) is 4.29. The molecule has 2 rings (SSSR count). The summed E-state index contributed by atoms with van der Waals surface area (Å²) in [6.07, 6.45) is 1.33. The van der Waals surface area contributed by atoms with Crippen LogP contribution in [0.25, 0.3) is 0 Å². The summed E-state index contributed by atoms with van der Waals surface area (Å²) in [5.74, 6) is 6.21. The predicted molar refractivity (Wildman–Crippen MR) is 78.7 cm³/mol. The lowest BCUT2D eigenvalue weighted by Gasteiger charge is -2.26. The highest BCUT2D eigenvalue weighted by Gasteiger charge is 2.32. The van der Waals surface area contributed by atoms with Crippen LogP contribution in [-0.2, 0) is 10.2 Å². The van der Waals surface area contributed by atoms with Crippen molar-refractivity contribution in [2.45, 2.75) is 51.7 Å². The van der Waals surface area contributed by atoms with E-state index in [1.165, 1.54) is 11.1 Å². The molecule has 0 bridgehead atoms. The number of hydrogen-bond donors (Lipinski definition) is 2. The Bertz CT molecular complexity index is 408. The molecule has 0 aliphatic carbocycles. The number of benzene rings is 1. The molecular weight excluding hydrogens is 236 g/mol. The molecule has 3 heteroatoms. The Morgan fingerprint density at radius 2 is 1.89 bits per heavy atom. The number of nitrogens with two attached hydrogens (primary N) is 1. The van der Waals surface area contributed by atoms with Crippen LogP contribution in [0, 0.1) is 5.92 Å². The molecule has 106 valence electrons. The van der Waals surface area contributed by atoms with Crippen LogP contribution in [0.4, 0.5) is 0 Å². The molecule has 19 heavy (non-hydrogen) atoms. The standard InChI is InChI=1S/C16H26N2O/c1-11-14(9-10-19-11)15(18-17)12-5-7-13(8-6-12)16(2,3)4/h5-8,11,14-15,18H,9-10,17H2,1-4H3. The molecule has 1 saturated heterocycles. The van der Waals surface area contributed by atoms with Gasteiger partial charge >= 0.3 is 0 Å². The highest BCUT2D eigenvalue weighted by atomic mass is 16.5. The maximum Gasteiger partial charge on any atom is 0.0594 e. The monoisotopic (exact) mass is 262 g/mol. The topological polar surface area (TPSA) is 47.3 Å². The first-order valence-electron chi connectivity index (χ1n) is 7.11. The van der Waals surface area contributed by atoms with E-state index in [-0.39, 0.29) is 17.6 Å². The number of rotatable bonds is 3. The Morgan fingerprint density at radius 1 is 1.26 bits per heavy atom. The Balaban J connectivity index is 2.19. The van der Waals surface area contributed by atoms with Crippen molar-refractivity contribution in [3.8, 4) is 0 Å². The van der Waals surface area contributed by atoms with Gasteiger partial charge in [0.25, 0.3) is 0 Å². The molecule has 0 spiro atoms. The summed E-state index contributed by atoms with van der Waals surface area (Å²) in [6.45, 7) is 9.66. The zero-order valence-corrected chi connectivity index (χ0v) is 12.4. The van der Waals surface area contributed by atoms with E-state index in [9.17, 15) is 0 Å². The van der Waals surface area contributed by atoms with Gasteiger partial charge in [-0.3, -0.25) is 11.3 Å². The minimum atomic E-state index is 0.173. The van der Waals surface area contributed by atoms with Gasteiger partial charge in [0.15, 0.2) is 0 Å². The smallest absolute Gasteiger partial charge is 0.0594 e. The van der Waals surface area contributed by atoms with Gasteiger partial charge in [-0.15, -0.1) is 0 Å². The van der Waals surface area contributed by atoms with Gasteiger partial charge in [-0.2, -0.15) is 0 Å². The Labute approximate surface area is 116 Å². The quantitative estimate of drug-likeness (QED) is 0.650. The van der Waals surface area contributed by atoms with Crippen LogP contribution in [0.15, 0.2) is 24.3 Å². The number of ether oxygens (including phenoxy) is 1. The summed E-state index contributed by atoms with van der Waals surface area (Å²) >= 11 is 0. The second-order valence-electron chi connectivity index (χ2n) is 6.54. The largest absolute Gasteiger partial charge is 0.378 e. The lowest BCUT2D eigenvalue weighted by atomic mass is 9.84. The average molecular weight is 262 g/mol. The Morgan fingerprint density at radius 3 is 2.32 bits per heavy atom. The molecule has 1 aliphatic rings. The van der Waals surface area contributed by atoms with Crippen molar-refractivity contribution in [2.24, 2.45) is 11.8 Å². The number of hydrogen-bond acceptors (Lipinski definition) is 3. The SMILES string of the molecule is CC1OCCC1C(NN)c1ccc(C(C)(C)C)cc1. The van der Waals surface area contributed by atoms with E-state index >= 15 is 0 Å². The minimum Gasteiger partial charge on any atom is -0.378 e. The van der Waals surface area contributed by atoms with Crippen LogP contribution in [0.5, 0.6) is 0 Å². The van der Waals surface area contributed by atoms with Crippen molar-refractivity contribution >= 4 is 0 Å². The van der Waals surface area contributed by atoms with Crippen molar-refractivity contribution in [3.63, 3.8) is 0 Å². The van der Waals surface area contributed by atoms with Gasteiger partial charge in [-0.1, -0.05) is 45.0 Å². The first kappa shape index (κ1) is 14.5. The van der Waals surface area contributed by atoms with Gasteiger partial charge < -0.3 is 4.74 Å². The van der Waals surface area contributed by atoms with E-state index in [1.54, 1.807) is 0 Å². The highest BCUT2D eigenvalue weighted by molar-refractivity contribution is 5.29. The molecule has 0 saturated carbocycles. The number of nitrogens with one attached hydrogen (secondary N) is 1. The molecule has 3 atom stereocenters. The van der Waals surface area contributed by atoms with E-state index in [0.29, 0.717) is 5.92 Å². The maximum atomic E-state index is 5.77. The molecular formula is C16H26N2O. The Hall–Kier alpha value is -0.900. The van der Waals surface area contributed by atoms with Gasteiger partial charge in [-0.05, 0) is 29.9 Å². The number of hydrazine groups is 1. The first-order valence-corrected chi connectivity index (χ1v) is 7.11. The average Bonchev–Trinajstić information content (AvgIpc) is 2.76. The molecule has 0 aromatic heterocycles. The summed E-state index contributed by atoms with van der Waals surface area (Å²) in [6, 6.07) is 8.97. The normalized spacial score (nSPS) is 25.5. The van der Waals surface area contributed by atoms with Crippen molar-refractivity contribution in [2.75, 3.05) is 6.61 Å². The van der Waals surface area contributed by atoms with Crippen LogP contribution < -0.4 is 11.3 Å². The minimum absolute atomic E-state index is 0.173. The fourth-order valence-electron chi connectivity index (χ4n) is 2.84. The van der Waals surface area contributed by atoms with Crippen molar-refractivity contribution in [1.29, 1.82) is 0 Å². The summed E-state index contributed by atoms with van der Waals surface area (Å²) in [5.41, 5.74) is 5.76. The van der Waals surface area contributed by atoms with E-state index in [0.717, 1.165) is 13.0 Å². The van der Waals surface area contributed by atoms with Crippen LogP contribution in [0.1, 0.15) is 51.3 Å². The lowest BCUT2D eigenvalue weighted by Crippen LogP contribution is -2.36. The van der Waals surface area contributed by atoms with Gasteiger partial charge in [0.1, 0.15) is 0 Å². The van der Waals surface area contributed by atoms with E-state index in [1.807, 2.05) is 0 Å². The third-order valence-electron chi connectivity index (χ3n) is 4.18. The molecule has 3 nitrogen and oxygen atoms in total. The molecule has 1 fully saturated rings. The molecule has 3 N–H and O–H groups in total. The summed E-state index contributed by atoms with van der Waals surface area (Å²) in [7, 11) is 0. The van der Waals surface area contributed by atoms with Crippen LogP contribution in [-0.4, -0.2) is 12.7 Å². The van der Waals surface area contributed by atoms with Gasteiger partial charge in [0.05, 0.1) is 12.1 Å². The van der Waals surface area contributed by atoms with E-state index in [2.05, 4.69) is 57.4 Å². The van der Waals surface area contributed by atoms with Crippen LogP contribution in [0.2, 0.25) is 0 Å². The fourth-order valence-corrected chi connectivity index (χ4v) is 2.84. The van der Waals surface area contributed by atoms with E-state index < -0.39 is 0 Å². The molecule has 1 aliphatic heterocycles. The third-order valence-corrected chi connectivity index (χ3v) is 4.18. The first-order chi connectivity index (χ1) is 8.93. The second-order valence-corrected chi connectivity index (χ2v) is 6.54. The molecule has 0 radical (unpaired) electrons. The highest BCUT2D eigenvalue weighted by Crippen LogP contribution is 2.33.